The van der Waals surface area contributed by atoms with Gasteiger partial charge in [-0.15, -0.1) is 11.3 Å². The molecule has 2 unspecified atom stereocenters. The number of thiophene rings is 1. The van der Waals surface area contributed by atoms with Gasteiger partial charge in [0, 0.05) is 43.3 Å². The summed E-state index contributed by atoms with van der Waals surface area (Å²) in [6.45, 7) is 5.21. The van der Waals surface area contributed by atoms with E-state index in [0.29, 0.717) is 17.0 Å². The van der Waals surface area contributed by atoms with E-state index >= 15 is 0 Å². The third-order valence-corrected chi connectivity index (χ3v) is 8.41. The van der Waals surface area contributed by atoms with Crippen LogP contribution in [0.15, 0.2) is 24.3 Å². The van der Waals surface area contributed by atoms with Crippen LogP contribution in [0.3, 0.4) is 0 Å². The number of nitrogen functional groups attached to an aromatic ring is 1. The molecule has 0 radical (unpaired) electrons. The first-order valence-electron chi connectivity index (χ1n) is 12.1. The van der Waals surface area contributed by atoms with Crippen LogP contribution < -0.4 is 21.3 Å². The van der Waals surface area contributed by atoms with Gasteiger partial charge in [-0.1, -0.05) is 6.07 Å². The minimum absolute atomic E-state index is 0.000480. The number of nitrogens with zero attached hydrogens (tertiary/aromatic N) is 3. The lowest BCUT2D eigenvalue weighted by molar-refractivity contribution is -0.0484. The Hall–Kier alpha value is -3.19. The average Bonchev–Trinajstić information content (AvgIpc) is 3.18. The van der Waals surface area contributed by atoms with Gasteiger partial charge in [-0.05, 0) is 55.5 Å². The predicted molar refractivity (Wildman–Crippen MR) is 137 cm³/mol. The van der Waals surface area contributed by atoms with Crippen molar-refractivity contribution in [3.63, 3.8) is 0 Å². The van der Waals surface area contributed by atoms with E-state index in [-0.39, 0.29) is 24.2 Å². The van der Waals surface area contributed by atoms with Crippen LogP contribution in [0.2, 0.25) is 0 Å². The van der Waals surface area contributed by atoms with Gasteiger partial charge in [-0.2, -0.15) is 5.26 Å². The van der Waals surface area contributed by atoms with Crippen LogP contribution in [0.5, 0.6) is 0 Å². The number of pyridine rings is 1. The Kier molecular flexibility index (Phi) is 5.60. The van der Waals surface area contributed by atoms with Crippen molar-refractivity contribution in [3.05, 3.63) is 51.5 Å². The largest absolute Gasteiger partial charge is 0.397 e. The van der Waals surface area contributed by atoms with Gasteiger partial charge in [0.15, 0.2) is 0 Å². The SMILES string of the molecule is Cc1ccc2c(N)c(C(=O)N[C@H]3CCc4c(ccc(N5CC6CNCC(C5)O6)c4C#N)C3)sc2n1. The van der Waals surface area contributed by atoms with Crippen molar-refractivity contribution < 1.29 is 9.53 Å². The fraction of sp³-hybridized carbons (Fsp3) is 0.423. The van der Waals surface area contributed by atoms with Crippen LogP contribution in [0, 0.1) is 18.3 Å². The third-order valence-electron chi connectivity index (χ3n) is 7.30. The highest BCUT2D eigenvalue weighted by Gasteiger charge is 2.33. The standard InChI is InChI=1S/C26H28N6O2S/c1-14-2-5-20-23(28)24(35-26(20)30-14)25(33)31-16-4-6-19-15(8-16)3-7-22(21(19)9-27)32-12-17-10-29-11-18(13-32)34-17/h2-3,5,7,16-18,29H,4,6,8,10-13,28H2,1H3,(H,31,33)/t16-,17?,18?/m0/s1. The normalized spacial score (nSPS) is 23.5. The molecule has 4 N–H and O–H groups in total. The first-order chi connectivity index (χ1) is 17.0. The maximum absolute atomic E-state index is 13.1. The van der Waals surface area contributed by atoms with E-state index < -0.39 is 0 Å². The van der Waals surface area contributed by atoms with Gasteiger partial charge < -0.3 is 26.0 Å². The molecule has 4 heterocycles. The minimum Gasteiger partial charge on any atom is -0.397 e. The number of nitrogens with one attached hydrogen (secondary N) is 2. The first kappa shape index (κ1) is 22.3. The number of fused-ring (bicyclic) bond motifs is 4. The Morgan fingerprint density at radius 2 is 2.09 bits per heavy atom. The summed E-state index contributed by atoms with van der Waals surface area (Å²) in [6.07, 6.45) is 2.57. The van der Waals surface area contributed by atoms with Gasteiger partial charge in [0.1, 0.15) is 15.8 Å². The Labute approximate surface area is 208 Å². The molecule has 35 heavy (non-hydrogen) atoms. The van der Waals surface area contributed by atoms with Gasteiger partial charge in [0.25, 0.3) is 5.91 Å². The smallest absolute Gasteiger partial charge is 0.263 e. The summed E-state index contributed by atoms with van der Waals surface area (Å²) in [5, 5.41) is 17.5. The molecule has 3 aliphatic rings. The van der Waals surface area contributed by atoms with Gasteiger partial charge in [0.2, 0.25) is 0 Å². The zero-order chi connectivity index (χ0) is 24.1. The van der Waals surface area contributed by atoms with E-state index in [0.717, 1.165) is 77.3 Å². The molecule has 3 atom stereocenters. The molecule has 1 aliphatic carbocycles. The van der Waals surface area contributed by atoms with Gasteiger partial charge in [0.05, 0.1) is 29.1 Å². The third kappa shape index (κ3) is 4.01. The van der Waals surface area contributed by atoms with Crippen molar-refractivity contribution in [1.82, 2.24) is 15.6 Å². The summed E-state index contributed by atoms with van der Waals surface area (Å²) in [6, 6.07) is 10.5. The molecule has 0 saturated carbocycles. The number of nitriles is 1. The zero-order valence-corrected chi connectivity index (χ0v) is 20.5. The second kappa shape index (κ2) is 8.79. The van der Waals surface area contributed by atoms with Gasteiger partial charge in [-0.25, -0.2) is 4.98 Å². The second-order valence-electron chi connectivity index (χ2n) is 9.72. The van der Waals surface area contributed by atoms with Crippen molar-refractivity contribution in [3.8, 4) is 6.07 Å². The van der Waals surface area contributed by atoms with E-state index in [4.69, 9.17) is 10.5 Å². The second-order valence-corrected chi connectivity index (χ2v) is 10.7. The van der Waals surface area contributed by atoms with Gasteiger partial charge in [-0.3, -0.25) is 4.79 Å². The lowest BCUT2D eigenvalue weighted by atomic mass is 9.84. The average molecular weight is 489 g/mol. The molecule has 9 heteroatoms. The maximum atomic E-state index is 13.1. The quantitative estimate of drug-likeness (QED) is 0.519. The van der Waals surface area contributed by atoms with E-state index in [1.165, 1.54) is 11.3 Å². The van der Waals surface area contributed by atoms with Crippen molar-refractivity contribution >= 4 is 38.8 Å². The topological polar surface area (TPSA) is 116 Å². The number of amides is 1. The molecule has 1 aromatic carbocycles. The van der Waals surface area contributed by atoms with E-state index in [1.54, 1.807) is 0 Å². The highest BCUT2D eigenvalue weighted by molar-refractivity contribution is 7.21. The Morgan fingerprint density at radius 3 is 2.86 bits per heavy atom. The summed E-state index contributed by atoms with van der Waals surface area (Å²) in [5.74, 6) is -0.151. The minimum atomic E-state index is -0.151. The lowest BCUT2D eigenvalue weighted by Crippen LogP contribution is -2.58. The molecular formula is C26H28N6O2S. The molecule has 2 aromatic heterocycles. The first-order valence-corrected chi connectivity index (χ1v) is 12.9. The van der Waals surface area contributed by atoms with E-state index in [1.807, 2.05) is 19.1 Å². The highest BCUT2D eigenvalue weighted by Crippen LogP contribution is 2.35. The van der Waals surface area contributed by atoms with Crippen LogP contribution in [0.1, 0.15) is 38.5 Å². The molecule has 3 aromatic rings. The van der Waals surface area contributed by atoms with Crippen LogP contribution >= 0.6 is 11.3 Å². The fourth-order valence-corrected chi connectivity index (χ4v) is 6.66. The maximum Gasteiger partial charge on any atom is 0.263 e. The molecule has 2 saturated heterocycles. The van der Waals surface area contributed by atoms with E-state index in [9.17, 15) is 10.1 Å². The highest BCUT2D eigenvalue weighted by atomic mass is 32.1. The Balaban J connectivity index is 1.21. The van der Waals surface area contributed by atoms with Crippen molar-refractivity contribution in [2.45, 2.75) is 44.4 Å². The summed E-state index contributed by atoms with van der Waals surface area (Å²) < 4.78 is 6.04. The fourth-order valence-electron chi connectivity index (χ4n) is 5.61. The molecule has 6 rings (SSSR count). The van der Waals surface area contributed by atoms with Crippen molar-refractivity contribution in [1.29, 1.82) is 5.26 Å². The van der Waals surface area contributed by atoms with Crippen LogP contribution in [0.25, 0.3) is 10.2 Å². The number of carbonyl (C=O) groups excluding carboxylic acids is 1. The summed E-state index contributed by atoms with van der Waals surface area (Å²) in [5.41, 5.74) is 11.7. The number of hydrogen-bond donors (Lipinski definition) is 3. The zero-order valence-electron chi connectivity index (χ0n) is 19.6. The molecule has 2 aliphatic heterocycles. The van der Waals surface area contributed by atoms with Gasteiger partial charge >= 0.3 is 0 Å². The molecule has 2 bridgehead atoms. The van der Waals surface area contributed by atoms with Crippen molar-refractivity contribution in [2.24, 2.45) is 0 Å². The number of rotatable bonds is 3. The molecule has 180 valence electrons. The Bertz CT molecular complexity index is 1350. The number of ether oxygens (including phenoxy) is 1. The monoisotopic (exact) mass is 488 g/mol. The molecular weight excluding hydrogens is 460 g/mol. The number of benzene rings is 1. The Morgan fingerprint density at radius 1 is 1.29 bits per heavy atom. The van der Waals surface area contributed by atoms with Crippen molar-refractivity contribution in [2.75, 3.05) is 36.8 Å². The molecule has 8 nitrogen and oxygen atoms in total. The van der Waals surface area contributed by atoms with Crippen LogP contribution in [0.4, 0.5) is 11.4 Å². The van der Waals surface area contributed by atoms with Crippen LogP contribution in [-0.2, 0) is 17.6 Å². The number of morpholine rings is 2. The summed E-state index contributed by atoms with van der Waals surface area (Å²) in [4.78, 5) is 21.2. The molecule has 2 fully saturated rings. The van der Waals surface area contributed by atoms with E-state index in [2.05, 4.69) is 38.7 Å². The predicted octanol–water partition coefficient (Wildman–Crippen LogP) is 2.52. The van der Waals surface area contributed by atoms with Crippen LogP contribution in [-0.4, -0.2) is 55.3 Å². The number of carbonyl (C=O) groups is 1. The summed E-state index contributed by atoms with van der Waals surface area (Å²) in [7, 11) is 0. The summed E-state index contributed by atoms with van der Waals surface area (Å²) >= 11 is 1.34. The number of hydrogen-bond acceptors (Lipinski definition) is 8. The number of aromatic nitrogens is 1. The number of anilines is 2. The molecule has 1 amide bonds. The number of aryl methyl sites for hydroxylation is 1. The number of nitrogens with two attached hydrogens (primary N) is 1. The molecule has 0 spiro atoms. The lowest BCUT2D eigenvalue weighted by Gasteiger charge is -2.43.